The Labute approximate surface area is 178 Å². The van der Waals surface area contributed by atoms with Crippen molar-refractivity contribution in [1.29, 1.82) is 0 Å². The van der Waals surface area contributed by atoms with Gasteiger partial charge in [-0.1, -0.05) is 19.6 Å². The molecular formula is C19H24FIN2O4Si. The van der Waals surface area contributed by atoms with Crippen molar-refractivity contribution in [3.05, 3.63) is 32.6 Å². The molecule has 0 aromatic heterocycles. The SMILES string of the molecule is C[Si](C)(C)CCOCN1C(=O)CCC(N2Cc3c(F)cc(I)cc3C2=O)C1=O. The third kappa shape index (κ3) is 4.46. The minimum Gasteiger partial charge on any atom is -0.361 e. The summed E-state index contributed by atoms with van der Waals surface area (Å²) in [4.78, 5) is 40.4. The Morgan fingerprint density at radius 2 is 1.96 bits per heavy atom. The number of likely N-dealkylation sites (tertiary alicyclic amines) is 1. The van der Waals surface area contributed by atoms with E-state index in [-0.39, 0.29) is 37.9 Å². The summed E-state index contributed by atoms with van der Waals surface area (Å²) in [7, 11) is -1.27. The van der Waals surface area contributed by atoms with Gasteiger partial charge >= 0.3 is 0 Å². The molecule has 0 spiro atoms. The molecule has 1 saturated heterocycles. The maximum absolute atomic E-state index is 14.3. The van der Waals surface area contributed by atoms with E-state index in [2.05, 4.69) is 19.6 Å². The molecule has 2 aliphatic rings. The molecule has 0 bridgehead atoms. The summed E-state index contributed by atoms with van der Waals surface area (Å²) in [5.41, 5.74) is 0.611. The molecule has 2 aliphatic heterocycles. The molecule has 9 heteroatoms. The maximum Gasteiger partial charge on any atom is 0.255 e. The van der Waals surface area contributed by atoms with Crippen LogP contribution in [0.1, 0.15) is 28.8 Å². The molecular weight excluding hydrogens is 494 g/mol. The molecule has 28 heavy (non-hydrogen) atoms. The normalized spacial score (nSPS) is 20.2. The fourth-order valence-corrected chi connectivity index (χ4v) is 4.73. The van der Waals surface area contributed by atoms with Crippen LogP contribution >= 0.6 is 22.6 Å². The van der Waals surface area contributed by atoms with E-state index in [4.69, 9.17) is 4.74 Å². The molecule has 1 fully saturated rings. The highest BCUT2D eigenvalue weighted by Crippen LogP contribution is 2.31. The highest BCUT2D eigenvalue weighted by molar-refractivity contribution is 14.1. The zero-order valence-corrected chi connectivity index (χ0v) is 19.4. The lowest BCUT2D eigenvalue weighted by Gasteiger charge is -2.35. The molecule has 1 atom stereocenters. The van der Waals surface area contributed by atoms with Crippen LogP contribution < -0.4 is 0 Å². The number of halogens is 2. The first kappa shape index (κ1) is 21.4. The monoisotopic (exact) mass is 518 g/mol. The Hall–Kier alpha value is -1.33. The number of hydrogen-bond acceptors (Lipinski definition) is 4. The minimum atomic E-state index is -1.27. The molecule has 2 heterocycles. The Bertz CT molecular complexity index is 827. The highest BCUT2D eigenvalue weighted by atomic mass is 127. The topological polar surface area (TPSA) is 66.9 Å². The van der Waals surface area contributed by atoms with Crippen LogP contribution in [0.3, 0.4) is 0 Å². The number of amides is 3. The molecule has 152 valence electrons. The van der Waals surface area contributed by atoms with Gasteiger partial charge in [0.1, 0.15) is 18.6 Å². The summed E-state index contributed by atoms with van der Waals surface area (Å²) in [6, 6.07) is 3.18. The van der Waals surface area contributed by atoms with Crippen LogP contribution in [0.15, 0.2) is 12.1 Å². The van der Waals surface area contributed by atoms with Crippen LogP contribution in [-0.4, -0.2) is 55.0 Å². The predicted molar refractivity (Wildman–Crippen MR) is 113 cm³/mol. The van der Waals surface area contributed by atoms with Crippen molar-refractivity contribution < 1.29 is 23.5 Å². The van der Waals surface area contributed by atoms with Gasteiger partial charge in [-0.15, -0.1) is 0 Å². The first-order valence-electron chi connectivity index (χ1n) is 9.29. The van der Waals surface area contributed by atoms with Crippen molar-refractivity contribution >= 4 is 48.4 Å². The van der Waals surface area contributed by atoms with E-state index in [9.17, 15) is 18.8 Å². The van der Waals surface area contributed by atoms with Crippen LogP contribution in [0.25, 0.3) is 0 Å². The number of imide groups is 1. The average Bonchev–Trinajstić information content (AvgIpc) is 2.90. The lowest BCUT2D eigenvalue weighted by molar-refractivity contribution is -0.158. The van der Waals surface area contributed by atoms with Crippen molar-refractivity contribution in [3.63, 3.8) is 0 Å². The van der Waals surface area contributed by atoms with Crippen LogP contribution in [0.5, 0.6) is 0 Å². The van der Waals surface area contributed by atoms with Gasteiger partial charge in [-0.3, -0.25) is 19.3 Å². The van der Waals surface area contributed by atoms with Crippen molar-refractivity contribution in [2.45, 2.75) is 51.1 Å². The van der Waals surface area contributed by atoms with Gasteiger partial charge in [0.25, 0.3) is 11.8 Å². The Balaban J connectivity index is 1.70. The molecule has 6 nitrogen and oxygen atoms in total. The molecule has 0 N–H and O–H groups in total. The van der Waals surface area contributed by atoms with Gasteiger partial charge in [-0.05, 0) is 47.2 Å². The molecule has 3 amide bonds. The number of benzene rings is 1. The van der Waals surface area contributed by atoms with E-state index in [1.54, 1.807) is 6.07 Å². The number of nitrogens with zero attached hydrogens (tertiary/aromatic N) is 2. The van der Waals surface area contributed by atoms with Gasteiger partial charge in [0.05, 0.1) is 6.54 Å². The Morgan fingerprint density at radius 1 is 1.25 bits per heavy atom. The van der Waals surface area contributed by atoms with Crippen molar-refractivity contribution in [2.24, 2.45) is 0 Å². The standard InChI is InChI=1S/C19H24FIN2O4Si/c1-28(2,3)7-6-27-11-23-17(24)5-4-16(19(23)26)22-10-14-13(18(22)25)8-12(21)9-15(14)20/h8-9,16H,4-7,10-11H2,1-3H3. The molecule has 0 saturated carbocycles. The average molecular weight is 518 g/mol. The summed E-state index contributed by atoms with van der Waals surface area (Å²) in [5.74, 6) is -1.54. The summed E-state index contributed by atoms with van der Waals surface area (Å²) >= 11 is 1.96. The largest absolute Gasteiger partial charge is 0.361 e. The van der Waals surface area contributed by atoms with E-state index in [1.165, 1.54) is 11.0 Å². The molecule has 1 aromatic rings. The van der Waals surface area contributed by atoms with Gasteiger partial charge in [0, 0.05) is 35.8 Å². The smallest absolute Gasteiger partial charge is 0.255 e. The first-order valence-corrected chi connectivity index (χ1v) is 14.1. The van der Waals surface area contributed by atoms with E-state index in [0.29, 0.717) is 21.3 Å². The summed E-state index contributed by atoms with van der Waals surface area (Å²) in [5, 5.41) is 0. The second-order valence-electron chi connectivity index (χ2n) is 8.41. The highest BCUT2D eigenvalue weighted by Gasteiger charge is 2.43. The van der Waals surface area contributed by atoms with Crippen molar-refractivity contribution in [3.8, 4) is 0 Å². The molecule has 1 aromatic carbocycles. The minimum absolute atomic E-state index is 0.0475. The van der Waals surface area contributed by atoms with Crippen LogP contribution in [0.2, 0.25) is 25.7 Å². The number of rotatable bonds is 6. The van der Waals surface area contributed by atoms with Gasteiger partial charge in [0.2, 0.25) is 5.91 Å². The van der Waals surface area contributed by atoms with Gasteiger partial charge in [0.15, 0.2) is 0 Å². The van der Waals surface area contributed by atoms with Crippen molar-refractivity contribution in [2.75, 3.05) is 13.3 Å². The van der Waals surface area contributed by atoms with Crippen LogP contribution in [-0.2, 0) is 20.9 Å². The third-order valence-electron chi connectivity index (χ3n) is 5.06. The molecule has 3 rings (SSSR count). The lowest BCUT2D eigenvalue weighted by atomic mass is 10.0. The lowest BCUT2D eigenvalue weighted by Crippen LogP contribution is -2.55. The van der Waals surface area contributed by atoms with Gasteiger partial charge < -0.3 is 9.64 Å². The van der Waals surface area contributed by atoms with Crippen LogP contribution in [0.4, 0.5) is 4.39 Å². The number of hydrogen-bond donors (Lipinski definition) is 0. The van der Waals surface area contributed by atoms with E-state index in [1.807, 2.05) is 22.6 Å². The predicted octanol–water partition coefficient (Wildman–Crippen LogP) is 3.22. The number of carbonyl (C=O) groups is 3. The second kappa shape index (κ2) is 8.19. The first-order chi connectivity index (χ1) is 13.1. The van der Waals surface area contributed by atoms with E-state index < -0.39 is 25.8 Å². The number of fused-ring (bicyclic) bond motifs is 1. The van der Waals surface area contributed by atoms with E-state index >= 15 is 0 Å². The maximum atomic E-state index is 14.3. The summed E-state index contributed by atoms with van der Waals surface area (Å²) < 4.78 is 20.5. The Morgan fingerprint density at radius 3 is 2.64 bits per heavy atom. The summed E-state index contributed by atoms with van der Waals surface area (Å²) in [6.45, 7) is 7.11. The second-order valence-corrected chi connectivity index (χ2v) is 15.3. The fourth-order valence-electron chi connectivity index (χ4n) is 3.38. The Kier molecular flexibility index (Phi) is 6.25. The third-order valence-corrected chi connectivity index (χ3v) is 7.38. The number of piperidine rings is 1. The van der Waals surface area contributed by atoms with Gasteiger partial charge in [-0.2, -0.15) is 0 Å². The number of ether oxygens (including phenoxy) is 1. The fraction of sp³-hybridized carbons (Fsp3) is 0.526. The molecule has 0 aliphatic carbocycles. The molecule has 0 radical (unpaired) electrons. The van der Waals surface area contributed by atoms with Gasteiger partial charge in [-0.25, -0.2) is 4.39 Å². The zero-order chi connectivity index (χ0) is 20.6. The van der Waals surface area contributed by atoms with Crippen molar-refractivity contribution in [1.82, 2.24) is 9.80 Å². The molecule has 1 unspecified atom stereocenters. The van der Waals surface area contributed by atoms with Crippen LogP contribution in [0, 0.1) is 9.39 Å². The summed E-state index contributed by atoms with van der Waals surface area (Å²) in [6.07, 6.45) is 0.412. The zero-order valence-electron chi connectivity index (χ0n) is 16.3. The number of carbonyl (C=O) groups excluding carboxylic acids is 3. The van der Waals surface area contributed by atoms with E-state index in [0.717, 1.165) is 10.9 Å². The quantitative estimate of drug-likeness (QED) is 0.251.